The van der Waals surface area contributed by atoms with Crippen LogP contribution < -0.4 is 5.32 Å². The Morgan fingerprint density at radius 1 is 1.32 bits per heavy atom. The third-order valence-electron chi connectivity index (χ3n) is 3.30. The topological polar surface area (TPSA) is 34.2 Å². The summed E-state index contributed by atoms with van der Waals surface area (Å²) >= 11 is 1.28. The van der Waals surface area contributed by atoms with Crippen LogP contribution in [0.1, 0.15) is 12.8 Å². The van der Waals surface area contributed by atoms with E-state index in [2.05, 4.69) is 10.3 Å². The van der Waals surface area contributed by atoms with E-state index < -0.39 is 11.6 Å². The predicted molar refractivity (Wildman–Crippen MR) is 71.6 cm³/mol. The highest BCUT2D eigenvalue weighted by atomic mass is 32.1. The molecule has 0 radical (unpaired) electrons. The lowest BCUT2D eigenvalue weighted by atomic mass is 10.0. The summed E-state index contributed by atoms with van der Waals surface area (Å²) < 4.78 is 32.4. The Labute approximate surface area is 113 Å². The van der Waals surface area contributed by atoms with Crippen molar-refractivity contribution in [2.75, 3.05) is 25.1 Å². The number of nitrogens with one attached hydrogen (secondary N) is 1. The van der Waals surface area contributed by atoms with Crippen LogP contribution in [-0.4, -0.2) is 24.7 Å². The first-order valence-electron chi connectivity index (χ1n) is 6.29. The van der Waals surface area contributed by atoms with Gasteiger partial charge in [0, 0.05) is 25.8 Å². The smallest absolute Gasteiger partial charge is 0.183 e. The van der Waals surface area contributed by atoms with E-state index in [1.165, 1.54) is 17.4 Å². The Balaban J connectivity index is 1.72. The van der Waals surface area contributed by atoms with Gasteiger partial charge in [-0.05, 0) is 24.8 Å². The van der Waals surface area contributed by atoms with Crippen LogP contribution in [0, 0.1) is 17.6 Å². The summed E-state index contributed by atoms with van der Waals surface area (Å²) in [7, 11) is 0. The minimum absolute atomic E-state index is 0.237. The number of anilines is 1. The molecular formula is C13H14F2N2OS. The molecule has 2 heterocycles. The van der Waals surface area contributed by atoms with E-state index in [4.69, 9.17) is 4.74 Å². The van der Waals surface area contributed by atoms with Gasteiger partial charge in [0.2, 0.25) is 0 Å². The Kier molecular flexibility index (Phi) is 3.61. The van der Waals surface area contributed by atoms with Crippen LogP contribution in [0.4, 0.5) is 13.9 Å². The molecule has 1 aliphatic rings. The molecule has 102 valence electrons. The van der Waals surface area contributed by atoms with Crippen LogP contribution in [0.2, 0.25) is 0 Å². The first kappa shape index (κ1) is 12.7. The number of halogens is 2. The lowest BCUT2D eigenvalue weighted by Gasteiger charge is -2.21. The van der Waals surface area contributed by atoms with E-state index in [9.17, 15) is 8.78 Å². The third-order valence-corrected chi connectivity index (χ3v) is 4.26. The first-order valence-corrected chi connectivity index (χ1v) is 7.11. The minimum Gasteiger partial charge on any atom is -0.381 e. The summed E-state index contributed by atoms with van der Waals surface area (Å²) in [5, 5.41) is 3.86. The highest BCUT2D eigenvalue weighted by molar-refractivity contribution is 7.22. The summed E-state index contributed by atoms with van der Waals surface area (Å²) in [4.78, 5) is 4.17. The molecule has 1 aromatic heterocycles. The van der Waals surface area contributed by atoms with Crippen molar-refractivity contribution in [1.29, 1.82) is 0 Å². The number of thiazole rings is 1. The summed E-state index contributed by atoms with van der Waals surface area (Å²) in [6, 6.07) is 2.18. The summed E-state index contributed by atoms with van der Waals surface area (Å²) in [6.07, 6.45) is 2.06. The van der Waals surface area contributed by atoms with Crippen LogP contribution in [0.3, 0.4) is 0 Å². The second-order valence-corrected chi connectivity index (χ2v) is 5.72. The number of rotatable bonds is 3. The molecule has 0 saturated carbocycles. The Morgan fingerprint density at radius 2 is 2.11 bits per heavy atom. The van der Waals surface area contributed by atoms with Gasteiger partial charge in [-0.2, -0.15) is 0 Å². The lowest BCUT2D eigenvalue weighted by molar-refractivity contribution is 0.0699. The maximum atomic E-state index is 13.5. The van der Waals surface area contributed by atoms with Gasteiger partial charge in [0.25, 0.3) is 0 Å². The monoisotopic (exact) mass is 284 g/mol. The molecule has 0 unspecified atom stereocenters. The Morgan fingerprint density at radius 3 is 2.89 bits per heavy atom. The fourth-order valence-electron chi connectivity index (χ4n) is 2.21. The molecule has 0 amide bonds. The van der Waals surface area contributed by atoms with Crippen molar-refractivity contribution in [2.24, 2.45) is 5.92 Å². The molecule has 6 heteroatoms. The number of fused-ring (bicyclic) bond motifs is 1. The quantitative estimate of drug-likeness (QED) is 0.938. The largest absolute Gasteiger partial charge is 0.381 e. The van der Waals surface area contributed by atoms with Gasteiger partial charge < -0.3 is 10.1 Å². The van der Waals surface area contributed by atoms with E-state index >= 15 is 0 Å². The molecule has 0 aliphatic carbocycles. The van der Waals surface area contributed by atoms with Gasteiger partial charge in [-0.1, -0.05) is 11.3 Å². The molecule has 1 aliphatic heterocycles. The van der Waals surface area contributed by atoms with Gasteiger partial charge in [0.1, 0.15) is 11.3 Å². The van der Waals surface area contributed by atoms with Gasteiger partial charge in [-0.15, -0.1) is 0 Å². The van der Waals surface area contributed by atoms with E-state index in [1.54, 1.807) is 0 Å². The van der Waals surface area contributed by atoms with Gasteiger partial charge >= 0.3 is 0 Å². The van der Waals surface area contributed by atoms with Crippen LogP contribution in [0.5, 0.6) is 0 Å². The second-order valence-electron chi connectivity index (χ2n) is 4.69. The zero-order valence-electron chi connectivity index (χ0n) is 10.3. The van der Waals surface area contributed by atoms with Gasteiger partial charge in [-0.25, -0.2) is 13.8 Å². The molecule has 1 saturated heterocycles. The molecule has 0 spiro atoms. The number of hydrogen-bond acceptors (Lipinski definition) is 4. The number of aromatic nitrogens is 1. The molecular weight excluding hydrogens is 270 g/mol. The molecule has 1 N–H and O–H groups in total. The molecule has 0 bridgehead atoms. The second kappa shape index (κ2) is 5.38. The van der Waals surface area contributed by atoms with Gasteiger partial charge in [0.05, 0.1) is 4.70 Å². The first-order chi connectivity index (χ1) is 9.22. The van der Waals surface area contributed by atoms with Crippen LogP contribution in [-0.2, 0) is 4.74 Å². The minimum atomic E-state index is -0.606. The summed E-state index contributed by atoms with van der Waals surface area (Å²) in [6.45, 7) is 2.39. The zero-order chi connectivity index (χ0) is 13.2. The van der Waals surface area contributed by atoms with E-state index in [1.807, 2.05) is 0 Å². The summed E-state index contributed by atoms with van der Waals surface area (Å²) in [5.41, 5.74) is 0.237. The zero-order valence-corrected chi connectivity index (χ0v) is 11.1. The van der Waals surface area contributed by atoms with Crippen molar-refractivity contribution in [2.45, 2.75) is 12.8 Å². The maximum absolute atomic E-state index is 13.5. The average Bonchev–Trinajstić information content (AvgIpc) is 2.81. The predicted octanol–water partition coefficient (Wildman–Crippen LogP) is 3.41. The van der Waals surface area contributed by atoms with Crippen molar-refractivity contribution in [3.63, 3.8) is 0 Å². The number of hydrogen-bond donors (Lipinski definition) is 1. The molecule has 1 fully saturated rings. The highest BCUT2D eigenvalue weighted by Crippen LogP contribution is 2.29. The Bertz CT molecular complexity index is 581. The molecule has 0 atom stereocenters. The number of nitrogens with zero attached hydrogens (tertiary/aromatic N) is 1. The van der Waals surface area contributed by atoms with Gasteiger partial charge in [0.15, 0.2) is 10.9 Å². The standard InChI is InChI=1S/C13H14F2N2OS/c14-9-5-10(15)12-11(6-9)19-13(17-12)16-7-8-1-3-18-4-2-8/h5-6,8H,1-4,7H2,(H,16,17). The normalized spacial score (nSPS) is 16.9. The van der Waals surface area contributed by atoms with E-state index in [0.717, 1.165) is 38.7 Å². The molecule has 19 heavy (non-hydrogen) atoms. The number of ether oxygens (including phenoxy) is 1. The third kappa shape index (κ3) is 2.84. The van der Waals surface area contributed by atoms with Crippen LogP contribution >= 0.6 is 11.3 Å². The average molecular weight is 284 g/mol. The van der Waals surface area contributed by atoms with Crippen molar-refractivity contribution >= 4 is 26.7 Å². The van der Waals surface area contributed by atoms with Crippen LogP contribution in [0.15, 0.2) is 12.1 Å². The van der Waals surface area contributed by atoms with Crippen molar-refractivity contribution in [3.05, 3.63) is 23.8 Å². The lowest BCUT2D eigenvalue weighted by Crippen LogP contribution is -2.22. The van der Waals surface area contributed by atoms with Crippen molar-refractivity contribution in [1.82, 2.24) is 4.98 Å². The number of benzene rings is 1. The summed E-state index contributed by atoms with van der Waals surface area (Å²) in [5.74, 6) is -0.614. The highest BCUT2D eigenvalue weighted by Gasteiger charge is 2.15. The SMILES string of the molecule is Fc1cc(F)c2nc(NCC3CCOCC3)sc2c1. The maximum Gasteiger partial charge on any atom is 0.183 e. The fourth-order valence-corrected chi connectivity index (χ4v) is 3.13. The molecule has 2 aromatic rings. The Hall–Kier alpha value is -1.27. The van der Waals surface area contributed by atoms with Gasteiger partial charge in [-0.3, -0.25) is 0 Å². The molecule has 1 aromatic carbocycles. The van der Waals surface area contributed by atoms with E-state index in [0.29, 0.717) is 15.7 Å². The molecule has 3 nitrogen and oxygen atoms in total. The molecule has 3 rings (SSSR count). The van der Waals surface area contributed by atoms with E-state index in [-0.39, 0.29) is 5.52 Å². The van der Waals surface area contributed by atoms with Crippen molar-refractivity contribution < 1.29 is 13.5 Å². The fraction of sp³-hybridized carbons (Fsp3) is 0.462. The van der Waals surface area contributed by atoms with Crippen LogP contribution in [0.25, 0.3) is 10.2 Å². The van der Waals surface area contributed by atoms with Crippen molar-refractivity contribution in [3.8, 4) is 0 Å².